The molecule has 1 heterocycles. The minimum atomic E-state index is -1.04. The summed E-state index contributed by atoms with van der Waals surface area (Å²) in [6.07, 6.45) is -0.405. The van der Waals surface area contributed by atoms with Gasteiger partial charge in [-0.2, -0.15) is 9.55 Å². The van der Waals surface area contributed by atoms with E-state index in [0.29, 0.717) is 17.4 Å². The van der Waals surface area contributed by atoms with Gasteiger partial charge in [0.15, 0.2) is 11.6 Å². The minimum absolute atomic E-state index is 0.0793. The second kappa shape index (κ2) is 7.32. The predicted octanol–water partition coefficient (Wildman–Crippen LogP) is 1.17. The molecule has 2 aromatic rings. The SMILES string of the molecule is Nc1nc(=O)n(C(=O)OCCOCc2ccccc2)cc1F. The maximum Gasteiger partial charge on any atom is 0.422 e. The van der Waals surface area contributed by atoms with E-state index in [2.05, 4.69) is 4.98 Å². The van der Waals surface area contributed by atoms with Gasteiger partial charge < -0.3 is 15.2 Å². The molecule has 0 amide bonds. The number of hydrogen-bond acceptors (Lipinski definition) is 6. The fraction of sp³-hybridized carbons (Fsp3) is 0.214. The molecule has 0 spiro atoms. The molecule has 0 saturated heterocycles. The van der Waals surface area contributed by atoms with Crippen LogP contribution in [0.2, 0.25) is 0 Å². The van der Waals surface area contributed by atoms with Gasteiger partial charge in [-0.05, 0) is 5.56 Å². The highest BCUT2D eigenvalue weighted by Crippen LogP contribution is 2.02. The normalized spacial score (nSPS) is 10.4. The second-order valence-electron chi connectivity index (χ2n) is 4.28. The van der Waals surface area contributed by atoms with Crippen molar-refractivity contribution in [3.05, 3.63) is 58.4 Å². The van der Waals surface area contributed by atoms with Gasteiger partial charge in [-0.1, -0.05) is 30.3 Å². The van der Waals surface area contributed by atoms with Gasteiger partial charge in [-0.3, -0.25) is 0 Å². The van der Waals surface area contributed by atoms with Crippen molar-refractivity contribution >= 4 is 11.9 Å². The number of aromatic nitrogens is 2. The monoisotopic (exact) mass is 307 g/mol. The quantitative estimate of drug-likeness (QED) is 0.833. The molecule has 0 fully saturated rings. The Kier molecular flexibility index (Phi) is 5.21. The largest absolute Gasteiger partial charge is 0.446 e. The molecule has 2 N–H and O–H groups in total. The van der Waals surface area contributed by atoms with Crippen molar-refractivity contribution in [2.24, 2.45) is 0 Å². The third-order valence-electron chi connectivity index (χ3n) is 2.67. The summed E-state index contributed by atoms with van der Waals surface area (Å²) >= 11 is 0. The Morgan fingerprint density at radius 2 is 2.00 bits per heavy atom. The number of rotatable bonds is 5. The highest BCUT2D eigenvalue weighted by molar-refractivity contribution is 5.70. The summed E-state index contributed by atoms with van der Waals surface area (Å²) in [6.45, 7) is 0.431. The molecule has 1 aromatic carbocycles. The lowest BCUT2D eigenvalue weighted by Gasteiger charge is -2.07. The van der Waals surface area contributed by atoms with Crippen LogP contribution in [0, 0.1) is 5.82 Å². The van der Waals surface area contributed by atoms with Crippen LogP contribution in [0.1, 0.15) is 5.56 Å². The van der Waals surface area contributed by atoms with Gasteiger partial charge in [0.25, 0.3) is 0 Å². The van der Waals surface area contributed by atoms with Crippen molar-refractivity contribution in [2.75, 3.05) is 18.9 Å². The van der Waals surface area contributed by atoms with Gasteiger partial charge in [0, 0.05) is 0 Å². The van der Waals surface area contributed by atoms with Crippen molar-refractivity contribution in [1.82, 2.24) is 9.55 Å². The molecule has 0 radical (unpaired) electrons. The van der Waals surface area contributed by atoms with E-state index in [-0.39, 0.29) is 13.2 Å². The molecule has 2 rings (SSSR count). The van der Waals surface area contributed by atoms with Gasteiger partial charge in [0.1, 0.15) is 6.61 Å². The molecule has 7 nitrogen and oxygen atoms in total. The first-order chi connectivity index (χ1) is 10.6. The number of anilines is 1. The zero-order chi connectivity index (χ0) is 15.9. The maximum atomic E-state index is 13.2. The van der Waals surface area contributed by atoms with Gasteiger partial charge >= 0.3 is 11.8 Å². The standard InChI is InChI=1S/C14H14FN3O4/c15-11-8-18(13(19)17-12(11)16)14(20)22-7-6-21-9-10-4-2-1-3-5-10/h1-5,8H,6-7,9H2,(H2,16,17,19). The van der Waals surface area contributed by atoms with Gasteiger partial charge in [-0.25, -0.2) is 14.0 Å². The van der Waals surface area contributed by atoms with E-state index in [0.717, 1.165) is 5.56 Å². The molecule has 1 aromatic heterocycles. The summed E-state index contributed by atoms with van der Waals surface area (Å²) < 4.78 is 23.7. The van der Waals surface area contributed by atoms with E-state index in [9.17, 15) is 14.0 Å². The molecule has 22 heavy (non-hydrogen) atoms. The van der Waals surface area contributed by atoms with Crippen LogP contribution < -0.4 is 11.4 Å². The average Bonchev–Trinajstić information content (AvgIpc) is 2.51. The van der Waals surface area contributed by atoms with Crippen molar-refractivity contribution in [2.45, 2.75) is 6.61 Å². The average molecular weight is 307 g/mol. The molecule has 116 valence electrons. The number of nitrogens with two attached hydrogens (primary N) is 1. The Morgan fingerprint density at radius 3 is 2.73 bits per heavy atom. The van der Waals surface area contributed by atoms with Crippen LogP contribution in [-0.2, 0) is 16.1 Å². The summed E-state index contributed by atoms with van der Waals surface area (Å²) in [5, 5.41) is 0. The molecule has 0 aliphatic rings. The molecule has 0 bridgehead atoms. The molecule has 0 unspecified atom stereocenters. The lowest BCUT2D eigenvalue weighted by atomic mass is 10.2. The first kappa shape index (κ1) is 15.6. The van der Waals surface area contributed by atoms with Gasteiger partial charge in [-0.15, -0.1) is 0 Å². The second-order valence-corrected chi connectivity index (χ2v) is 4.28. The van der Waals surface area contributed by atoms with Crippen LogP contribution in [0.3, 0.4) is 0 Å². The fourth-order valence-corrected chi connectivity index (χ4v) is 1.60. The number of nitrogen functional groups attached to an aromatic ring is 1. The van der Waals surface area contributed by atoms with Crippen molar-refractivity contribution in [3.8, 4) is 0 Å². The Labute approximate surface area is 125 Å². The number of carbonyl (C=O) groups excluding carboxylic acids is 1. The summed E-state index contributed by atoms with van der Waals surface area (Å²) in [5.41, 5.74) is 5.09. The van der Waals surface area contributed by atoms with E-state index in [4.69, 9.17) is 15.2 Å². The molecule has 0 atom stereocenters. The Bertz CT molecular complexity index is 703. The smallest absolute Gasteiger partial charge is 0.422 e. The Balaban J connectivity index is 1.79. The van der Waals surface area contributed by atoms with Crippen molar-refractivity contribution in [1.29, 1.82) is 0 Å². The number of carbonyl (C=O) groups is 1. The Morgan fingerprint density at radius 1 is 1.27 bits per heavy atom. The first-order valence-corrected chi connectivity index (χ1v) is 6.41. The number of halogens is 1. The molecule has 0 saturated carbocycles. The van der Waals surface area contributed by atoms with E-state index in [1.807, 2.05) is 30.3 Å². The van der Waals surface area contributed by atoms with Gasteiger partial charge in [0.2, 0.25) is 0 Å². The first-order valence-electron chi connectivity index (χ1n) is 6.41. The zero-order valence-electron chi connectivity index (χ0n) is 11.6. The van der Waals surface area contributed by atoms with E-state index < -0.39 is 23.4 Å². The Hall–Kier alpha value is -2.74. The van der Waals surface area contributed by atoms with Crippen molar-refractivity contribution < 1.29 is 18.7 Å². The molecule has 0 aliphatic carbocycles. The lowest BCUT2D eigenvalue weighted by Crippen LogP contribution is -2.31. The maximum absolute atomic E-state index is 13.2. The van der Waals surface area contributed by atoms with Crippen LogP contribution in [0.25, 0.3) is 0 Å². The number of nitrogens with zero attached hydrogens (tertiary/aromatic N) is 2. The summed E-state index contributed by atoms with van der Waals surface area (Å²) in [4.78, 5) is 26.1. The van der Waals surface area contributed by atoms with Gasteiger partial charge in [0.05, 0.1) is 19.4 Å². The van der Waals surface area contributed by atoms with Crippen LogP contribution >= 0.6 is 0 Å². The third kappa shape index (κ3) is 4.13. The topological polar surface area (TPSA) is 96.4 Å². The number of benzene rings is 1. The highest BCUT2D eigenvalue weighted by atomic mass is 19.1. The third-order valence-corrected chi connectivity index (χ3v) is 2.67. The van der Waals surface area contributed by atoms with Crippen LogP contribution in [-0.4, -0.2) is 28.9 Å². The van der Waals surface area contributed by atoms with E-state index in [1.54, 1.807) is 0 Å². The predicted molar refractivity (Wildman–Crippen MR) is 75.7 cm³/mol. The van der Waals surface area contributed by atoms with Crippen molar-refractivity contribution in [3.63, 3.8) is 0 Å². The molecular formula is C14H14FN3O4. The van der Waals surface area contributed by atoms with Crippen LogP contribution in [0.15, 0.2) is 41.3 Å². The fourth-order valence-electron chi connectivity index (χ4n) is 1.60. The van der Waals surface area contributed by atoms with E-state index in [1.165, 1.54) is 0 Å². The molecular weight excluding hydrogens is 293 g/mol. The number of ether oxygens (including phenoxy) is 2. The lowest BCUT2D eigenvalue weighted by molar-refractivity contribution is 0.0648. The highest BCUT2D eigenvalue weighted by Gasteiger charge is 2.12. The minimum Gasteiger partial charge on any atom is -0.446 e. The molecule has 8 heteroatoms. The summed E-state index contributed by atoms with van der Waals surface area (Å²) in [7, 11) is 0. The zero-order valence-corrected chi connectivity index (χ0v) is 11.6. The van der Waals surface area contributed by atoms with E-state index >= 15 is 0 Å². The van der Waals surface area contributed by atoms with Crippen LogP contribution in [0.4, 0.5) is 15.0 Å². The summed E-state index contributed by atoms with van der Waals surface area (Å²) in [5.74, 6) is -1.54. The van der Waals surface area contributed by atoms with Crippen LogP contribution in [0.5, 0.6) is 0 Å². The molecule has 0 aliphatic heterocycles. The number of hydrogen-bond donors (Lipinski definition) is 1. The summed E-state index contributed by atoms with van der Waals surface area (Å²) in [6, 6.07) is 9.45.